The van der Waals surface area contributed by atoms with E-state index in [-0.39, 0.29) is 0 Å². The van der Waals surface area contributed by atoms with Crippen LogP contribution in [0.3, 0.4) is 0 Å². The third kappa shape index (κ3) is 3000. The normalized spacial score (nSPS) is 3.67. The van der Waals surface area contributed by atoms with Gasteiger partial charge in [0.2, 0.25) is 0 Å². The van der Waals surface area contributed by atoms with Crippen molar-refractivity contribution in [1.29, 1.82) is 0 Å². The Hall–Kier alpha value is -0.480. The summed E-state index contributed by atoms with van der Waals surface area (Å²) in [5, 5.41) is 0. The molecule has 0 amide bonds. The lowest BCUT2D eigenvalue weighted by atomic mass is 10.6. The Kier molecular flexibility index (Phi) is 1030. The minimum Gasteiger partial charge on any atom is -0.137 e. The molecule has 0 atom stereocenters. The summed E-state index contributed by atoms with van der Waals surface area (Å²) < 4.78 is 0. The third-order valence-corrected chi connectivity index (χ3v) is 0. The van der Waals surface area contributed by atoms with Gasteiger partial charge >= 0.3 is 0 Å². The van der Waals surface area contributed by atoms with Gasteiger partial charge in [0.25, 0.3) is 0 Å². The highest BCUT2D eigenvalue weighted by atomic mass is 13.4. The van der Waals surface area contributed by atoms with Gasteiger partial charge in [0.05, 0.1) is 0 Å². The Labute approximate surface area is 81.4 Å². The van der Waals surface area contributed by atoms with Gasteiger partial charge in [-0.05, 0) is 0 Å². The van der Waals surface area contributed by atoms with Crippen LogP contribution in [0.4, 0.5) is 0 Å². The molecule has 0 aliphatic heterocycles. The lowest BCUT2D eigenvalue weighted by Gasteiger charge is -1.48. The molecule has 0 saturated carbocycles. The molecule has 0 aromatic rings. The summed E-state index contributed by atoms with van der Waals surface area (Å²) in [4.78, 5) is 0. The first-order valence-electron chi connectivity index (χ1n) is 5.12. The summed E-state index contributed by atoms with van der Waals surface area (Å²) in [6, 6.07) is 0. The molecular formula is C12H30. The Bertz CT molecular complexity index is 29.3. The third-order valence-electron chi connectivity index (χ3n) is 0. The van der Waals surface area contributed by atoms with Crippen LogP contribution in [-0.2, 0) is 0 Å². The van der Waals surface area contributed by atoms with Crippen LogP contribution in [0, 0.1) is 0 Å². The van der Waals surface area contributed by atoms with Crippen molar-refractivity contribution in [2.45, 2.75) is 61.8 Å². The van der Waals surface area contributed by atoms with E-state index < -0.39 is 0 Å². The van der Waals surface area contributed by atoms with Gasteiger partial charge in [0.15, 0.2) is 0 Å². The molecule has 78 valence electrons. The zero-order chi connectivity index (χ0) is 11.4. The molecule has 0 radical (unpaired) electrons. The Morgan fingerprint density at radius 1 is 0.750 bits per heavy atom. The summed E-state index contributed by atoms with van der Waals surface area (Å²) in [6.45, 7) is 22.5. The highest BCUT2D eigenvalue weighted by Gasteiger charge is 1.35. The fourth-order valence-electron chi connectivity index (χ4n) is 0. The monoisotopic (exact) mass is 174 g/mol. The Balaban J connectivity index is -0.0000000174. The first kappa shape index (κ1) is 30.0. The van der Waals surface area contributed by atoms with E-state index in [1.807, 2.05) is 41.5 Å². The maximum atomic E-state index is 3.12. The lowest BCUT2D eigenvalue weighted by Crippen LogP contribution is -1.27. The smallest absolute Gasteiger partial charge is 0.0572 e. The van der Waals surface area contributed by atoms with Gasteiger partial charge in [-0.1, -0.05) is 75.0 Å². The van der Waals surface area contributed by atoms with E-state index in [0.29, 0.717) is 0 Å². The van der Waals surface area contributed by atoms with Gasteiger partial charge in [-0.3, -0.25) is 0 Å². The van der Waals surface area contributed by atoms with Crippen molar-refractivity contribution in [3.05, 3.63) is 18.9 Å². The fraction of sp³-hybridized carbons (Fsp3) is 0.750. The van der Waals surface area contributed by atoms with Crippen LogP contribution in [0.5, 0.6) is 0 Å². The van der Waals surface area contributed by atoms with Gasteiger partial charge in [0.1, 0.15) is 0 Å². The minimum absolute atomic E-state index is 1.25. The average molecular weight is 174 g/mol. The van der Waals surface area contributed by atoms with E-state index in [0.717, 1.165) is 0 Å². The van der Waals surface area contributed by atoms with Crippen molar-refractivity contribution in [2.75, 3.05) is 0 Å². The first-order valence-corrected chi connectivity index (χ1v) is 5.12. The van der Waals surface area contributed by atoms with Gasteiger partial charge in [0, 0.05) is 0 Å². The van der Waals surface area contributed by atoms with Crippen molar-refractivity contribution in [1.82, 2.24) is 0 Å². The largest absolute Gasteiger partial charge is 0.137 e. The van der Waals surface area contributed by atoms with Gasteiger partial charge in [-0.25, -0.2) is 0 Å². The number of hydrogen-bond donors (Lipinski definition) is 0. The molecule has 0 heteroatoms. The molecule has 0 aliphatic carbocycles. The summed E-state index contributed by atoms with van der Waals surface area (Å²) in [6.07, 6.45) is 1.25. The Morgan fingerprint density at radius 2 is 0.750 bits per heavy atom. The molecule has 0 aromatic heterocycles. The maximum Gasteiger partial charge on any atom is -0.0572 e. The second-order valence-corrected chi connectivity index (χ2v) is 0.957. The van der Waals surface area contributed by atoms with Crippen molar-refractivity contribution >= 4 is 0 Å². The summed E-state index contributed by atoms with van der Waals surface area (Å²) >= 11 is 0. The zero-order valence-electron chi connectivity index (χ0n) is 10.6. The van der Waals surface area contributed by atoms with E-state index in [9.17, 15) is 0 Å². The fourth-order valence-corrected chi connectivity index (χ4v) is 0. The zero-order valence-corrected chi connectivity index (χ0v) is 10.6. The van der Waals surface area contributed by atoms with E-state index in [1.54, 1.807) is 0 Å². The maximum absolute atomic E-state index is 3.12. The predicted molar refractivity (Wildman–Crippen MR) is 64.8 cm³/mol. The lowest BCUT2D eigenvalue weighted by molar-refractivity contribution is 1.09. The SMILES string of the molecule is C=C=C.CC.CC.CC.CCC. The highest BCUT2D eigenvalue weighted by molar-refractivity contribution is 4.51. The molecule has 12 heavy (non-hydrogen) atoms. The van der Waals surface area contributed by atoms with Gasteiger partial charge in [-0.2, -0.15) is 0 Å². The second-order valence-electron chi connectivity index (χ2n) is 0.957. The standard InChI is InChI=1S/C3H8.C3H4.3C2H6/c2*1-3-2;3*1-2/h3H2,1-2H3;1-2H2;3*1-2H3. The van der Waals surface area contributed by atoms with E-state index in [2.05, 4.69) is 32.7 Å². The highest BCUT2D eigenvalue weighted by Crippen LogP contribution is 1.56. The predicted octanol–water partition coefficient (Wildman–Crippen LogP) is 5.45. The molecule has 0 aliphatic rings. The molecule has 0 rings (SSSR count). The van der Waals surface area contributed by atoms with Crippen LogP contribution in [-0.4, -0.2) is 0 Å². The van der Waals surface area contributed by atoms with Crippen LogP contribution >= 0.6 is 0 Å². The first-order chi connectivity index (χ1) is 5.83. The molecule has 0 nitrogen and oxygen atoms in total. The molecule has 0 bridgehead atoms. The quantitative estimate of drug-likeness (QED) is 0.428. The summed E-state index contributed by atoms with van der Waals surface area (Å²) in [7, 11) is 0. The van der Waals surface area contributed by atoms with Crippen LogP contribution in [0.25, 0.3) is 0 Å². The van der Waals surface area contributed by atoms with E-state index >= 15 is 0 Å². The molecule has 0 aromatic carbocycles. The van der Waals surface area contributed by atoms with E-state index in [4.69, 9.17) is 0 Å². The van der Waals surface area contributed by atoms with E-state index in [1.165, 1.54) is 6.42 Å². The number of hydrogen-bond acceptors (Lipinski definition) is 0. The van der Waals surface area contributed by atoms with Crippen molar-refractivity contribution in [2.24, 2.45) is 0 Å². The van der Waals surface area contributed by atoms with Crippen molar-refractivity contribution in [3.8, 4) is 0 Å². The molecule has 0 N–H and O–H groups in total. The average Bonchev–Trinajstić information content (AvgIpc) is 2.16. The van der Waals surface area contributed by atoms with Crippen LogP contribution in [0.2, 0.25) is 0 Å². The second kappa shape index (κ2) is 413. The van der Waals surface area contributed by atoms with Gasteiger partial charge < -0.3 is 0 Å². The topological polar surface area (TPSA) is 0 Å². The van der Waals surface area contributed by atoms with Crippen LogP contribution < -0.4 is 0 Å². The van der Waals surface area contributed by atoms with Crippen molar-refractivity contribution in [3.63, 3.8) is 0 Å². The Morgan fingerprint density at radius 3 is 0.750 bits per heavy atom. The summed E-state index contributed by atoms with van der Waals surface area (Å²) in [5.74, 6) is 0. The molecule has 0 saturated heterocycles. The molecular weight excluding hydrogens is 144 g/mol. The molecule has 0 unspecified atom stereocenters. The molecule has 0 heterocycles. The summed E-state index contributed by atoms with van der Waals surface area (Å²) in [5.41, 5.74) is 2.25. The van der Waals surface area contributed by atoms with Crippen LogP contribution in [0.15, 0.2) is 18.9 Å². The van der Waals surface area contributed by atoms with Crippen molar-refractivity contribution < 1.29 is 0 Å². The van der Waals surface area contributed by atoms with Crippen LogP contribution in [0.1, 0.15) is 61.8 Å². The molecule has 0 spiro atoms. The number of rotatable bonds is 0. The molecule has 0 fully saturated rings. The van der Waals surface area contributed by atoms with Gasteiger partial charge in [-0.15, -0.1) is 5.73 Å². The minimum atomic E-state index is 1.25.